The van der Waals surface area contributed by atoms with Crippen LogP contribution in [0.4, 0.5) is 9.59 Å². The highest BCUT2D eigenvalue weighted by Crippen LogP contribution is 2.14. The van der Waals surface area contributed by atoms with Crippen LogP contribution in [0.25, 0.3) is 0 Å². The summed E-state index contributed by atoms with van der Waals surface area (Å²) < 4.78 is 1.60. The Morgan fingerprint density at radius 2 is 1.40 bits per heavy atom. The number of rotatable bonds is 3. The predicted octanol–water partition coefficient (Wildman–Crippen LogP) is 5.05. The molecule has 9 nitrogen and oxygen atoms in total. The average molecular weight is 487 g/mol. The van der Waals surface area contributed by atoms with Gasteiger partial charge in [-0.3, -0.25) is 14.4 Å². The second-order valence-corrected chi connectivity index (χ2v) is 8.85. The van der Waals surface area contributed by atoms with E-state index in [1.54, 1.807) is 32.8 Å². The van der Waals surface area contributed by atoms with Crippen molar-refractivity contribution in [3.8, 4) is 0 Å². The van der Waals surface area contributed by atoms with Gasteiger partial charge in [-0.25, -0.2) is 14.4 Å². The molecule has 4 amide bonds. The number of hydrogen-bond donors (Lipinski definition) is 2. The average Bonchev–Trinajstić information content (AvgIpc) is 2.70. The molecule has 3 heterocycles. The van der Waals surface area contributed by atoms with Crippen LogP contribution in [0.15, 0.2) is 65.7 Å². The van der Waals surface area contributed by atoms with E-state index in [2.05, 4.69) is 28.8 Å². The Hall–Kier alpha value is -3.62. The van der Waals surface area contributed by atoms with Gasteiger partial charge in [0.15, 0.2) is 0 Å². The number of hydrogen-bond acceptors (Lipinski definition) is 4. The first kappa shape index (κ1) is 31.4. The lowest BCUT2D eigenvalue weighted by molar-refractivity contribution is 0.205. The minimum atomic E-state index is -0.167. The Bertz CT molecular complexity index is 1030. The number of allylic oxidation sites excluding steroid dienone is 2. The van der Waals surface area contributed by atoms with Crippen molar-refractivity contribution in [1.29, 1.82) is 0 Å². The highest BCUT2D eigenvalue weighted by molar-refractivity contribution is 5.80. The van der Waals surface area contributed by atoms with E-state index in [1.165, 1.54) is 0 Å². The lowest BCUT2D eigenvalue weighted by Crippen LogP contribution is -2.43. The van der Waals surface area contributed by atoms with E-state index in [9.17, 15) is 14.4 Å². The summed E-state index contributed by atoms with van der Waals surface area (Å²) in [5, 5.41) is 5.30. The maximum atomic E-state index is 11.3. The van der Waals surface area contributed by atoms with Crippen LogP contribution in [0.2, 0.25) is 0 Å². The lowest BCUT2D eigenvalue weighted by Gasteiger charge is -2.28. The number of carbonyl (C=O) groups excluding carboxylic acids is 2. The van der Waals surface area contributed by atoms with Gasteiger partial charge in [-0.2, -0.15) is 4.98 Å². The van der Waals surface area contributed by atoms with E-state index in [1.807, 2.05) is 67.7 Å². The summed E-state index contributed by atoms with van der Waals surface area (Å²) in [6.45, 7) is 22.8. The van der Waals surface area contributed by atoms with E-state index in [0.29, 0.717) is 11.4 Å². The topological polar surface area (TPSA) is 99.6 Å². The molecule has 0 aliphatic carbocycles. The first-order chi connectivity index (χ1) is 15.7. The normalized spacial score (nSPS) is 15.0. The molecule has 2 aliphatic rings. The fraction of sp³-hybridized carbons (Fsp3) is 0.462. The summed E-state index contributed by atoms with van der Waals surface area (Å²) in [7, 11) is 0. The Morgan fingerprint density at radius 1 is 0.857 bits per heavy atom. The fourth-order valence-corrected chi connectivity index (χ4v) is 2.80. The molecule has 35 heavy (non-hydrogen) atoms. The number of aromatic nitrogens is 2. The van der Waals surface area contributed by atoms with Gasteiger partial charge < -0.3 is 10.6 Å². The zero-order chi connectivity index (χ0) is 26.2. The highest BCUT2D eigenvalue weighted by Gasteiger charge is 2.20. The highest BCUT2D eigenvalue weighted by atomic mass is 16.2. The van der Waals surface area contributed by atoms with Crippen LogP contribution in [0.1, 0.15) is 67.6 Å². The maximum absolute atomic E-state index is 11.3. The van der Waals surface area contributed by atoms with Gasteiger partial charge in [-0.15, -0.1) is 0 Å². The zero-order valence-electron chi connectivity index (χ0n) is 21.5. The lowest BCUT2D eigenvalue weighted by atomic mass is 10.2. The van der Waals surface area contributed by atoms with Gasteiger partial charge in [0.25, 0.3) is 0 Å². The molecule has 0 radical (unpaired) electrons. The monoisotopic (exact) mass is 486 g/mol. The van der Waals surface area contributed by atoms with Crippen molar-refractivity contribution in [3.63, 3.8) is 0 Å². The molecule has 0 spiro atoms. The second kappa shape index (κ2) is 13.9. The van der Waals surface area contributed by atoms with Crippen molar-refractivity contribution in [2.24, 2.45) is 0 Å². The van der Waals surface area contributed by atoms with Crippen molar-refractivity contribution in [3.05, 3.63) is 77.0 Å². The summed E-state index contributed by atoms with van der Waals surface area (Å²) in [5.41, 5.74) is 2.94. The van der Waals surface area contributed by atoms with Gasteiger partial charge in [0.1, 0.15) is 0 Å². The number of nitrogens with one attached hydrogen (secondary N) is 2. The van der Waals surface area contributed by atoms with Crippen LogP contribution < -0.4 is 16.3 Å². The van der Waals surface area contributed by atoms with Crippen LogP contribution in [-0.2, 0) is 0 Å². The van der Waals surface area contributed by atoms with Gasteiger partial charge in [-0.1, -0.05) is 20.6 Å². The molecule has 0 saturated carbocycles. The third-order valence-corrected chi connectivity index (χ3v) is 4.88. The molecule has 0 bridgehead atoms. The Labute approximate surface area is 209 Å². The summed E-state index contributed by atoms with van der Waals surface area (Å²) >= 11 is 0. The van der Waals surface area contributed by atoms with Crippen LogP contribution in [0.3, 0.4) is 0 Å². The van der Waals surface area contributed by atoms with Crippen LogP contribution >= 0.6 is 0 Å². The van der Waals surface area contributed by atoms with Gasteiger partial charge in [0.05, 0.1) is 0 Å². The number of aryl methyl sites for hydroxylation is 1. The summed E-state index contributed by atoms with van der Waals surface area (Å²) in [5.74, 6) is 0. The van der Waals surface area contributed by atoms with Crippen molar-refractivity contribution in [2.45, 2.75) is 80.9 Å². The van der Waals surface area contributed by atoms with Crippen LogP contribution in [0, 0.1) is 6.92 Å². The van der Waals surface area contributed by atoms with Gasteiger partial charge in [0.2, 0.25) is 0 Å². The smallest absolute Gasteiger partial charge is 0.308 e. The Balaban J connectivity index is 0.000000489. The molecule has 1 aromatic rings. The SMILES string of the molecule is C.C=C1C=CN(C(C)C)C(=O)N1.C=C1NC(=O)N(C(C)C)C=C1C.Cc1ccn(C(C)C)c(=O)n1. The predicted molar refractivity (Wildman–Crippen MR) is 143 cm³/mol. The summed E-state index contributed by atoms with van der Waals surface area (Å²) in [6, 6.07) is 2.21. The summed E-state index contributed by atoms with van der Waals surface area (Å²) in [4.78, 5) is 40.7. The Kier molecular flexibility index (Phi) is 12.5. The van der Waals surface area contributed by atoms with Crippen molar-refractivity contribution < 1.29 is 9.59 Å². The maximum Gasteiger partial charge on any atom is 0.347 e. The molecular weight excluding hydrogens is 444 g/mol. The molecule has 9 heteroatoms. The van der Waals surface area contributed by atoms with E-state index < -0.39 is 0 Å². The number of carbonyl (C=O) groups is 2. The fourth-order valence-electron chi connectivity index (χ4n) is 2.80. The number of amides is 4. The van der Waals surface area contributed by atoms with Gasteiger partial charge >= 0.3 is 17.8 Å². The standard InChI is InChI=1S/C9H14N2O.2C8H12N2O.CH4/c1-6(2)11-5-7(3)8(4)10-9(11)12;2*1-6(2)10-5-4-7(3)9-8(10)11;/h5-6H,4H2,1-3H3,(H,10,12);4-6H,1-3H3;4-6H,3H2,1-2H3,(H,9,11);1H4. The first-order valence-corrected chi connectivity index (χ1v) is 11.2. The quantitative estimate of drug-likeness (QED) is 0.624. The molecule has 2 N–H and O–H groups in total. The number of urea groups is 2. The molecule has 194 valence electrons. The largest absolute Gasteiger partial charge is 0.347 e. The van der Waals surface area contributed by atoms with Gasteiger partial charge in [-0.05, 0) is 73.1 Å². The van der Waals surface area contributed by atoms with E-state index in [4.69, 9.17) is 0 Å². The van der Waals surface area contributed by atoms with E-state index in [0.717, 1.165) is 11.3 Å². The Morgan fingerprint density at radius 3 is 1.86 bits per heavy atom. The minimum Gasteiger partial charge on any atom is -0.308 e. The molecule has 0 atom stereocenters. The van der Waals surface area contributed by atoms with Crippen LogP contribution in [0.5, 0.6) is 0 Å². The molecular formula is C26H42N6O3. The molecule has 2 aliphatic heterocycles. The van der Waals surface area contributed by atoms with Crippen LogP contribution in [-0.4, -0.2) is 43.5 Å². The minimum absolute atomic E-state index is 0. The third-order valence-electron chi connectivity index (χ3n) is 4.88. The summed E-state index contributed by atoms with van der Waals surface area (Å²) in [6.07, 6.45) is 7.12. The molecule has 0 unspecified atom stereocenters. The molecule has 0 fully saturated rings. The molecule has 3 rings (SSSR count). The van der Waals surface area contributed by atoms with Crippen molar-refractivity contribution in [1.82, 2.24) is 30.0 Å². The van der Waals surface area contributed by atoms with Gasteiger partial charge in [0, 0.05) is 53.8 Å². The van der Waals surface area contributed by atoms with Crippen molar-refractivity contribution in [2.75, 3.05) is 0 Å². The van der Waals surface area contributed by atoms with E-state index in [-0.39, 0.29) is 43.3 Å². The zero-order valence-corrected chi connectivity index (χ0v) is 21.5. The third kappa shape index (κ3) is 9.64. The van der Waals surface area contributed by atoms with E-state index >= 15 is 0 Å². The van der Waals surface area contributed by atoms with Crippen molar-refractivity contribution >= 4 is 12.1 Å². The number of nitrogens with zero attached hydrogens (tertiary/aromatic N) is 4. The molecule has 0 saturated heterocycles. The second-order valence-electron chi connectivity index (χ2n) is 8.85. The molecule has 1 aromatic heterocycles. The molecule has 0 aromatic carbocycles. The first-order valence-electron chi connectivity index (χ1n) is 11.2.